The summed E-state index contributed by atoms with van der Waals surface area (Å²) in [5, 5.41) is 18.0. The molecule has 0 saturated carbocycles. The zero-order chi connectivity index (χ0) is 10.9. The van der Waals surface area contributed by atoms with E-state index in [-0.39, 0.29) is 0 Å². The first-order chi connectivity index (χ1) is 6.32. The maximum Gasteiger partial charge on any atom is 0.418 e. The average molecular weight is 206 g/mol. The molecule has 2 nitrogen and oxygen atoms in total. The zero-order valence-electron chi connectivity index (χ0n) is 7.34. The van der Waals surface area contributed by atoms with Gasteiger partial charge in [-0.15, -0.1) is 0 Å². The number of hydrogen-bond acceptors (Lipinski definition) is 2. The van der Waals surface area contributed by atoms with E-state index in [1.165, 1.54) is 6.07 Å². The van der Waals surface area contributed by atoms with Crippen molar-refractivity contribution in [1.82, 2.24) is 0 Å². The number of aliphatic hydroxyl groups is 1. The molecule has 0 aliphatic carbocycles. The van der Waals surface area contributed by atoms with Crippen LogP contribution >= 0.6 is 0 Å². The van der Waals surface area contributed by atoms with Gasteiger partial charge in [-0.3, -0.25) is 0 Å². The average Bonchev–Trinajstić information content (AvgIpc) is 2.06. The van der Waals surface area contributed by atoms with E-state index < -0.39 is 23.6 Å². The highest BCUT2D eigenvalue weighted by atomic mass is 19.4. The Morgan fingerprint density at radius 3 is 2.36 bits per heavy atom. The van der Waals surface area contributed by atoms with Gasteiger partial charge in [0.15, 0.2) is 6.10 Å². The molecule has 0 fully saturated rings. The molecule has 5 heteroatoms. The molecule has 0 radical (unpaired) electrons. The van der Waals surface area contributed by atoms with E-state index in [4.69, 9.17) is 10.2 Å². The van der Waals surface area contributed by atoms with E-state index in [1.807, 2.05) is 0 Å². The largest absolute Gasteiger partial charge is 0.508 e. The van der Waals surface area contributed by atoms with Crippen LogP contribution in [0.2, 0.25) is 0 Å². The third-order valence-electron chi connectivity index (χ3n) is 1.79. The van der Waals surface area contributed by atoms with Crippen LogP contribution in [0, 0.1) is 6.92 Å². The van der Waals surface area contributed by atoms with E-state index in [0.29, 0.717) is 5.56 Å². The Balaban J connectivity index is 3.12. The Morgan fingerprint density at radius 1 is 1.29 bits per heavy atom. The Kier molecular flexibility index (Phi) is 2.71. The van der Waals surface area contributed by atoms with Crippen LogP contribution < -0.4 is 0 Å². The first-order valence-corrected chi connectivity index (χ1v) is 3.86. The van der Waals surface area contributed by atoms with Gasteiger partial charge in [0.25, 0.3) is 0 Å². The summed E-state index contributed by atoms with van der Waals surface area (Å²) in [6.45, 7) is 1.58. The van der Waals surface area contributed by atoms with Crippen LogP contribution in [0.15, 0.2) is 18.2 Å². The fourth-order valence-corrected chi connectivity index (χ4v) is 1.07. The first kappa shape index (κ1) is 10.8. The minimum Gasteiger partial charge on any atom is -0.508 e. The Bertz CT molecular complexity index is 333. The lowest BCUT2D eigenvalue weighted by atomic mass is 10.1. The van der Waals surface area contributed by atoms with Gasteiger partial charge in [-0.05, 0) is 19.1 Å². The standard InChI is InChI=1S/C9H9F3O2/c1-5-2-3-7(13)6(4-5)8(14)9(10,11)12/h2-4,8,13-14H,1H3. The normalized spacial score (nSPS) is 14.1. The summed E-state index contributed by atoms with van der Waals surface area (Å²) in [4.78, 5) is 0. The molecule has 1 atom stereocenters. The molecule has 0 aromatic heterocycles. The number of halogens is 3. The maximum absolute atomic E-state index is 12.1. The summed E-state index contributed by atoms with van der Waals surface area (Å²) in [6.07, 6.45) is -7.40. The van der Waals surface area contributed by atoms with Crippen molar-refractivity contribution < 1.29 is 23.4 Å². The molecule has 0 spiro atoms. The van der Waals surface area contributed by atoms with Crippen molar-refractivity contribution in [3.05, 3.63) is 29.3 Å². The van der Waals surface area contributed by atoms with Crippen molar-refractivity contribution >= 4 is 0 Å². The lowest BCUT2D eigenvalue weighted by molar-refractivity contribution is -0.207. The number of phenolic OH excluding ortho intramolecular Hbond substituents is 1. The van der Waals surface area contributed by atoms with E-state index >= 15 is 0 Å². The van der Waals surface area contributed by atoms with Gasteiger partial charge in [0.1, 0.15) is 5.75 Å². The van der Waals surface area contributed by atoms with E-state index in [0.717, 1.165) is 12.1 Å². The smallest absolute Gasteiger partial charge is 0.418 e. The highest BCUT2D eigenvalue weighted by Crippen LogP contribution is 2.36. The summed E-state index contributed by atoms with van der Waals surface area (Å²) in [6, 6.07) is 3.69. The van der Waals surface area contributed by atoms with E-state index in [9.17, 15) is 13.2 Å². The van der Waals surface area contributed by atoms with Crippen LogP contribution in [0.4, 0.5) is 13.2 Å². The number of rotatable bonds is 1. The van der Waals surface area contributed by atoms with Crippen molar-refractivity contribution in [2.24, 2.45) is 0 Å². The van der Waals surface area contributed by atoms with Crippen molar-refractivity contribution in [2.45, 2.75) is 19.2 Å². The molecule has 1 unspecified atom stereocenters. The van der Waals surface area contributed by atoms with Crippen LogP contribution in [-0.2, 0) is 0 Å². The molecule has 2 N–H and O–H groups in total. The van der Waals surface area contributed by atoms with Gasteiger partial charge in [-0.25, -0.2) is 0 Å². The van der Waals surface area contributed by atoms with Gasteiger partial charge in [-0.1, -0.05) is 11.6 Å². The van der Waals surface area contributed by atoms with Gasteiger partial charge in [0.2, 0.25) is 0 Å². The molecule has 0 bridgehead atoms. The summed E-state index contributed by atoms with van der Waals surface area (Å²) in [5.74, 6) is -0.555. The van der Waals surface area contributed by atoms with Gasteiger partial charge in [0, 0.05) is 5.56 Å². The van der Waals surface area contributed by atoms with Crippen molar-refractivity contribution in [2.75, 3.05) is 0 Å². The number of alkyl halides is 3. The van der Waals surface area contributed by atoms with Crippen molar-refractivity contribution in [3.63, 3.8) is 0 Å². The first-order valence-electron chi connectivity index (χ1n) is 3.86. The number of aryl methyl sites for hydroxylation is 1. The van der Waals surface area contributed by atoms with Crippen LogP contribution in [0.25, 0.3) is 0 Å². The lowest BCUT2D eigenvalue weighted by Crippen LogP contribution is -2.20. The Hall–Kier alpha value is -1.23. The molecule has 1 aromatic carbocycles. The number of hydrogen-bond donors (Lipinski definition) is 2. The van der Waals surface area contributed by atoms with E-state index in [2.05, 4.69) is 0 Å². The van der Waals surface area contributed by atoms with Gasteiger partial charge < -0.3 is 10.2 Å². The number of phenols is 1. The summed E-state index contributed by atoms with van der Waals surface area (Å²) in [5.41, 5.74) is 0.0265. The van der Waals surface area contributed by atoms with E-state index in [1.54, 1.807) is 6.92 Å². The van der Waals surface area contributed by atoms with Crippen LogP contribution in [0.5, 0.6) is 5.75 Å². The van der Waals surface area contributed by atoms with Crippen molar-refractivity contribution in [1.29, 1.82) is 0 Å². The third-order valence-corrected chi connectivity index (χ3v) is 1.79. The predicted molar refractivity (Wildman–Crippen MR) is 43.9 cm³/mol. The Morgan fingerprint density at radius 2 is 1.86 bits per heavy atom. The summed E-state index contributed by atoms with van der Waals surface area (Å²) in [7, 11) is 0. The van der Waals surface area contributed by atoms with Crippen LogP contribution in [0.1, 0.15) is 17.2 Å². The predicted octanol–water partition coefficient (Wildman–Crippen LogP) is 2.30. The molecule has 14 heavy (non-hydrogen) atoms. The molecule has 1 rings (SSSR count). The monoisotopic (exact) mass is 206 g/mol. The number of aliphatic hydroxyl groups excluding tert-OH is 1. The minimum absolute atomic E-state index is 0.516. The Labute approximate surface area is 78.6 Å². The molecule has 0 amide bonds. The molecule has 1 aromatic rings. The number of aromatic hydroxyl groups is 1. The summed E-state index contributed by atoms with van der Waals surface area (Å²) < 4.78 is 36.3. The SMILES string of the molecule is Cc1ccc(O)c(C(O)C(F)(F)F)c1. The maximum atomic E-state index is 12.1. The molecule has 0 heterocycles. The fourth-order valence-electron chi connectivity index (χ4n) is 1.07. The zero-order valence-corrected chi connectivity index (χ0v) is 7.34. The van der Waals surface area contributed by atoms with Crippen molar-refractivity contribution in [3.8, 4) is 5.75 Å². The molecular weight excluding hydrogens is 197 g/mol. The fraction of sp³-hybridized carbons (Fsp3) is 0.333. The summed E-state index contributed by atoms with van der Waals surface area (Å²) >= 11 is 0. The number of benzene rings is 1. The minimum atomic E-state index is -4.76. The quantitative estimate of drug-likeness (QED) is 0.740. The highest BCUT2D eigenvalue weighted by Gasteiger charge is 2.40. The second-order valence-electron chi connectivity index (χ2n) is 3.01. The topological polar surface area (TPSA) is 40.5 Å². The van der Waals surface area contributed by atoms with Crippen LogP contribution in [-0.4, -0.2) is 16.4 Å². The molecular formula is C9H9F3O2. The van der Waals surface area contributed by atoms with Gasteiger partial charge >= 0.3 is 6.18 Å². The third kappa shape index (κ3) is 2.17. The molecule has 78 valence electrons. The van der Waals surface area contributed by atoms with Gasteiger partial charge in [-0.2, -0.15) is 13.2 Å². The molecule has 0 aliphatic heterocycles. The molecule has 0 saturated heterocycles. The second kappa shape index (κ2) is 3.49. The molecule has 0 aliphatic rings. The van der Waals surface area contributed by atoms with Gasteiger partial charge in [0.05, 0.1) is 0 Å². The second-order valence-corrected chi connectivity index (χ2v) is 3.01. The van der Waals surface area contributed by atoms with Crippen LogP contribution in [0.3, 0.4) is 0 Å². The lowest BCUT2D eigenvalue weighted by Gasteiger charge is -2.16. The highest BCUT2D eigenvalue weighted by molar-refractivity contribution is 5.37.